The zero-order valence-corrected chi connectivity index (χ0v) is 28.4. The average Bonchev–Trinajstić information content (AvgIpc) is 3.59. The summed E-state index contributed by atoms with van der Waals surface area (Å²) >= 11 is 0. The number of aliphatic hydroxyl groups is 1. The van der Waals surface area contributed by atoms with Gasteiger partial charge in [0.15, 0.2) is 0 Å². The molecule has 3 saturated heterocycles. The van der Waals surface area contributed by atoms with Gasteiger partial charge in [-0.15, -0.1) is 13.2 Å². The first-order chi connectivity index (χ1) is 21.1. The van der Waals surface area contributed by atoms with Gasteiger partial charge in [-0.05, 0) is 64.7 Å². The Bertz CT molecular complexity index is 1100. The lowest BCUT2D eigenvalue weighted by molar-refractivity contribution is -0.159. The molecule has 0 radical (unpaired) electrons. The average molecular weight is 632 g/mol. The lowest BCUT2D eigenvalue weighted by Gasteiger charge is -2.45. The standard InChI is InChI=1S/C35H57N3O7/c1-9-11-16-26(40)36-22-24(3)44-32(43)27-25-17-18-35(45-25)28(27)30(41)37(20-14-12-13-15-21-39)29(35)31(42)38(19-10-2)34(7,8)23-33(4,5)6/h9-10,24-25,27-29,39H,1-2,11-23H2,3-8H3,(H,36,40)/t24-,25-,27+,28+,29-,35+/m1/s1. The van der Waals surface area contributed by atoms with Crippen LogP contribution in [0.4, 0.5) is 0 Å². The van der Waals surface area contributed by atoms with Gasteiger partial charge in [0.05, 0.1) is 24.5 Å². The number of fused-ring (bicyclic) bond motifs is 1. The molecule has 0 unspecified atom stereocenters. The van der Waals surface area contributed by atoms with Crippen LogP contribution in [0.15, 0.2) is 25.3 Å². The van der Waals surface area contributed by atoms with Crippen molar-refractivity contribution in [2.24, 2.45) is 17.3 Å². The molecule has 3 fully saturated rings. The summed E-state index contributed by atoms with van der Waals surface area (Å²) < 4.78 is 12.4. The molecule has 3 rings (SSSR count). The molecule has 254 valence electrons. The number of amides is 3. The Labute approximate surface area is 269 Å². The molecule has 1 spiro atoms. The Morgan fingerprint density at radius 3 is 2.47 bits per heavy atom. The van der Waals surface area contributed by atoms with Crippen molar-refractivity contribution >= 4 is 23.7 Å². The zero-order valence-electron chi connectivity index (χ0n) is 28.4. The van der Waals surface area contributed by atoms with Crippen molar-refractivity contribution in [1.82, 2.24) is 15.1 Å². The highest BCUT2D eigenvalue weighted by Crippen LogP contribution is 2.59. The van der Waals surface area contributed by atoms with Gasteiger partial charge in [0.2, 0.25) is 17.7 Å². The second-order valence-electron chi connectivity index (χ2n) is 14.9. The summed E-state index contributed by atoms with van der Waals surface area (Å²) in [6.45, 7) is 20.8. The van der Waals surface area contributed by atoms with Gasteiger partial charge in [0, 0.05) is 31.7 Å². The van der Waals surface area contributed by atoms with E-state index in [0.29, 0.717) is 51.6 Å². The van der Waals surface area contributed by atoms with Gasteiger partial charge >= 0.3 is 5.97 Å². The van der Waals surface area contributed by atoms with Crippen molar-refractivity contribution in [3.63, 3.8) is 0 Å². The number of ether oxygens (including phenoxy) is 2. The predicted octanol–water partition coefficient (Wildman–Crippen LogP) is 4.16. The first kappa shape index (κ1) is 36.7. The maximum absolute atomic E-state index is 14.8. The van der Waals surface area contributed by atoms with Crippen LogP contribution in [0.3, 0.4) is 0 Å². The van der Waals surface area contributed by atoms with Gasteiger partial charge in [-0.1, -0.05) is 45.8 Å². The molecule has 10 nitrogen and oxygen atoms in total. The van der Waals surface area contributed by atoms with Crippen LogP contribution >= 0.6 is 0 Å². The number of carbonyl (C=O) groups excluding carboxylic acids is 4. The molecule has 3 heterocycles. The fraction of sp³-hybridized carbons (Fsp3) is 0.771. The van der Waals surface area contributed by atoms with Crippen molar-refractivity contribution in [1.29, 1.82) is 0 Å². The molecule has 3 amide bonds. The minimum atomic E-state index is -1.12. The van der Waals surface area contributed by atoms with Crippen LogP contribution in [-0.4, -0.2) is 94.2 Å². The number of nitrogens with zero attached hydrogens (tertiary/aromatic N) is 2. The molecule has 10 heteroatoms. The molecule has 2 N–H and O–H groups in total. The number of esters is 1. The van der Waals surface area contributed by atoms with E-state index in [2.05, 4.69) is 53.1 Å². The molecule has 45 heavy (non-hydrogen) atoms. The maximum Gasteiger partial charge on any atom is 0.312 e. The summed E-state index contributed by atoms with van der Waals surface area (Å²) in [7, 11) is 0. The molecule has 0 aromatic heterocycles. The fourth-order valence-electron chi connectivity index (χ4n) is 7.89. The highest BCUT2D eigenvalue weighted by molar-refractivity contribution is 5.98. The van der Waals surface area contributed by atoms with Crippen molar-refractivity contribution in [3.05, 3.63) is 25.3 Å². The van der Waals surface area contributed by atoms with E-state index in [1.807, 2.05) is 4.90 Å². The smallest absolute Gasteiger partial charge is 0.312 e. The third-order valence-electron chi connectivity index (χ3n) is 9.36. The largest absolute Gasteiger partial charge is 0.460 e. The molecule has 0 aliphatic carbocycles. The normalized spacial score (nSPS) is 26.4. The van der Waals surface area contributed by atoms with Crippen molar-refractivity contribution in [2.45, 2.75) is 129 Å². The van der Waals surface area contributed by atoms with Crippen LogP contribution in [-0.2, 0) is 28.7 Å². The predicted molar refractivity (Wildman–Crippen MR) is 173 cm³/mol. The molecule has 3 aliphatic heterocycles. The SMILES string of the molecule is C=CCCC(=O)NC[C@@H](C)OC(=O)[C@@H]1[C@H]2C(=O)N(CCCCCCO)[C@H](C(=O)N(CC=C)C(C)(C)CC(C)(C)C)[C@]23CC[C@H]1O3. The van der Waals surface area contributed by atoms with Crippen LogP contribution in [0, 0.1) is 17.3 Å². The van der Waals surface area contributed by atoms with E-state index in [0.717, 1.165) is 19.3 Å². The molecule has 2 bridgehead atoms. The minimum absolute atomic E-state index is 0.0547. The van der Waals surface area contributed by atoms with Gasteiger partial charge < -0.3 is 29.7 Å². The third-order valence-corrected chi connectivity index (χ3v) is 9.36. The first-order valence-corrected chi connectivity index (χ1v) is 16.7. The van der Waals surface area contributed by atoms with E-state index in [4.69, 9.17) is 9.47 Å². The summed E-state index contributed by atoms with van der Waals surface area (Å²) in [5, 5.41) is 12.0. The van der Waals surface area contributed by atoms with E-state index < -0.39 is 47.2 Å². The van der Waals surface area contributed by atoms with Gasteiger partial charge in [-0.25, -0.2) is 0 Å². The number of hydrogen-bond acceptors (Lipinski definition) is 7. The molecule has 6 atom stereocenters. The number of carbonyl (C=O) groups is 4. The highest BCUT2D eigenvalue weighted by Gasteiger charge is 2.75. The van der Waals surface area contributed by atoms with Crippen LogP contribution in [0.25, 0.3) is 0 Å². The molecule has 3 aliphatic rings. The summed E-state index contributed by atoms with van der Waals surface area (Å²) in [4.78, 5) is 58.3. The Morgan fingerprint density at radius 1 is 1.16 bits per heavy atom. The Kier molecular flexibility index (Phi) is 12.4. The molecule has 0 saturated carbocycles. The van der Waals surface area contributed by atoms with E-state index in [9.17, 15) is 24.3 Å². The van der Waals surface area contributed by atoms with Crippen LogP contribution < -0.4 is 5.32 Å². The quantitative estimate of drug-likeness (QED) is 0.132. The summed E-state index contributed by atoms with van der Waals surface area (Å²) in [6, 6.07) is -0.864. The van der Waals surface area contributed by atoms with Gasteiger partial charge in [-0.2, -0.15) is 0 Å². The van der Waals surface area contributed by atoms with Crippen LogP contribution in [0.5, 0.6) is 0 Å². The van der Waals surface area contributed by atoms with Crippen molar-refractivity contribution < 1.29 is 33.8 Å². The Morgan fingerprint density at radius 2 is 1.84 bits per heavy atom. The van der Waals surface area contributed by atoms with Gasteiger partial charge in [0.25, 0.3) is 0 Å². The maximum atomic E-state index is 14.8. The second kappa shape index (κ2) is 15.2. The monoisotopic (exact) mass is 631 g/mol. The van der Waals surface area contributed by atoms with E-state index in [1.165, 1.54) is 0 Å². The van der Waals surface area contributed by atoms with E-state index in [-0.39, 0.29) is 36.3 Å². The minimum Gasteiger partial charge on any atom is -0.460 e. The van der Waals surface area contributed by atoms with Gasteiger partial charge in [-0.3, -0.25) is 19.2 Å². The number of aliphatic hydroxyl groups excluding tert-OH is 1. The Balaban J connectivity index is 1.90. The number of allylic oxidation sites excluding steroid dienone is 1. The second-order valence-corrected chi connectivity index (χ2v) is 14.9. The van der Waals surface area contributed by atoms with Crippen molar-refractivity contribution in [3.8, 4) is 0 Å². The van der Waals surface area contributed by atoms with Crippen molar-refractivity contribution in [2.75, 3.05) is 26.2 Å². The van der Waals surface area contributed by atoms with E-state index in [1.54, 1.807) is 24.0 Å². The number of hydrogen-bond donors (Lipinski definition) is 2. The lowest BCUT2D eigenvalue weighted by Crippen LogP contribution is -2.61. The lowest BCUT2D eigenvalue weighted by atomic mass is 9.70. The first-order valence-electron chi connectivity index (χ1n) is 16.7. The molecule has 0 aromatic rings. The summed E-state index contributed by atoms with van der Waals surface area (Å²) in [5.41, 5.74) is -1.71. The van der Waals surface area contributed by atoms with Crippen LogP contribution in [0.2, 0.25) is 0 Å². The summed E-state index contributed by atoms with van der Waals surface area (Å²) in [6.07, 6.45) is 7.92. The number of rotatable bonds is 18. The molecular weight excluding hydrogens is 574 g/mol. The third kappa shape index (κ3) is 8.36. The Hall–Kier alpha value is -2.72. The highest BCUT2D eigenvalue weighted by atomic mass is 16.6. The number of likely N-dealkylation sites (tertiary alicyclic amines) is 1. The van der Waals surface area contributed by atoms with Crippen LogP contribution in [0.1, 0.15) is 99.3 Å². The number of nitrogens with one attached hydrogen (secondary N) is 1. The topological polar surface area (TPSA) is 125 Å². The molecular formula is C35H57N3O7. The fourth-order valence-corrected chi connectivity index (χ4v) is 7.89. The van der Waals surface area contributed by atoms with Gasteiger partial charge in [0.1, 0.15) is 17.7 Å². The zero-order chi connectivity index (χ0) is 33.6. The number of unbranched alkanes of at least 4 members (excludes halogenated alkanes) is 3. The summed E-state index contributed by atoms with van der Waals surface area (Å²) in [5.74, 6) is -2.74. The molecule has 0 aromatic carbocycles. The van der Waals surface area contributed by atoms with E-state index >= 15 is 0 Å².